The van der Waals surface area contributed by atoms with Crippen LogP contribution in [0.25, 0.3) is 0 Å². The van der Waals surface area contributed by atoms with Gasteiger partial charge >= 0.3 is 5.97 Å². The van der Waals surface area contributed by atoms with Crippen LogP contribution >= 0.6 is 0 Å². The first kappa shape index (κ1) is 16.3. The van der Waals surface area contributed by atoms with Crippen molar-refractivity contribution in [1.82, 2.24) is 4.90 Å². The van der Waals surface area contributed by atoms with Gasteiger partial charge in [-0.15, -0.1) is 0 Å². The lowest BCUT2D eigenvalue weighted by Crippen LogP contribution is -2.45. The van der Waals surface area contributed by atoms with Crippen LogP contribution in [0.2, 0.25) is 0 Å². The highest BCUT2D eigenvalue weighted by molar-refractivity contribution is 6.00. The summed E-state index contributed by atoms with van der Waals surface area (Å²) in [6.45, 7) is 0.192. The summed E-state index contributed by atoms with van der Waals surface area (Å²) in [5, 5.41) is 12.0. The molecule has 0 aromatic heterocycles. The predicted octanol–water partition coefficient (Wildman–Crippen LogP) is 0.477. The number of hydrogen-bond acceptors (Lipinski definition) is 5. The van der Waals surface area contributed by atoms with Crippen LogP contribution in [0.15, 0.2) is 24.3 Å². The van der Waals surface area contributed by atoms with Crippen molar-refractivity contribution in [3.8, 4) is 5.75 Å². The van der Waals surface area contributed by atoms with E-state index in [1.807, 2.05) is 0 Å². The molecule has 8 heteroatoms. The Morgan fingerprint density at radius 2 is 2.17 bits per heavy atom. The molecule has 2 amide bonds. The van der Waals surface area contributed by atoms with Gasteiger partial charge in [0.1, 0.15) is 11.8 Å². The third-order valence-electron chi connectivity index (χ3n) is 4.27. The molecule has 2 aliphatic heterocycles. The summed E-state index contributed by atoms with van der Waals surface area (Å²) in [5.41, 5.74) is 0.551. The molecule has 24 heavy (non-hydrogen) atoms. The third kappa shape index (κ3) is 3.05. The number of carbonyl (C=O) groups excluding carboxylic acids is 2. The first-order chi connectivity index (χ1) is 11.5. The summed E-state index contributed by atoms with van der Waals surface area (Å²) in [6, 6.07) is 5.99. The molecular formula is C16H18N2O6. The number of carbonyl (C=O) groups is 3. The van der Waals surface area contributed by atoms with Gasteiger partial charge in [-0.3, -0.25) is 9.59 Å². The maximum absolute atomic E-state index is 12.5. The van der Waals surface area contributed by atoms with Crippen molar-refractivity contribution >= 4 is 23.5 Å². The van der Waals surface area contributed by atoms with Gasteiger partial charge in [0.25, 0.3) is 5.91 Å². The van der Waals surface area contributed by atoms with Crippen LogP contribution in [0, 0.1) is 0 Å². The molecule has 0 bridgehead atoms. The van der Waals surface area contributed by atoms with Crippen molar-refractivity contribution in [2.24, 2.45) is 0 Å². The van der Waals surface area contributed by atoms with Crippen molar-refractivity contribution in [3.05, 3.63) is 24.3 Å². The molecule has 1 aromatic carbocycles. The average Bonchev–Trinajstić information content (AvgIpc) is 3.00. The SMILES string of the molecule is COC1CC(C(=O)O)N(C(=O)CC2Oc3ccccc3NC2=O)C1. The number of para-hydroxylation sites is 2. The lowest BCUT2D eigenvalue weighted by molar-refractivity contribution is -0.149. The van der Waals surface area contributed by atoms with E-state index < -0.39 is 29.9 Å². The van der Waals surface area contributed by atoms with Gasteiger partial charge in [-0.2, -0.15) is 0 Å². The van der Waals surface area contributed by atoms with Gasteiger partial charge in [0, 0.05) is 20.1 Å². The number of ether oxygens (including phenoxy) is 2. The fourth-order valence-electron chi connectivity index (χ4n) is 2.98. The van der Waals surface area contributed by atoms with Gasteiger partial charge in [0.05, 0.1) is 18.2 Å². The second-order valence-electron chi connectivity index (χ2n) is 5.79. The monoisotopic (exact) mass is 334 g/mol. The number of anilines is 1. The van der Waals surface area contributed by atoms with E-state index in [1.165, 1.54) is 12.0 Å². The average molecular weight is 334 g/mol. The first-order valence-corrected chi connectivity index (χ1v) is 7.61. The van der Waals surface area contributed by atoms with Crippen LogP contribution in [-0.4, -0.2) is 59.7 Å². The zero-order valence-electron chi connectivity index (χ0n) is 13.1. The quantitative estimate of drug-likeness (QED) is 0.830. The van der Waals surface area contributed by atoms with Crippen molar-refractivity contribution in [2.75, 3.05) is 19.0 Å². The van der Waals surface area contributed by atoms with E-state index in [9.17, 15) is 19.5 Å². The number of nitrogens with one attached hydrogen (secondary N) is 1. The minimum Gasteiger partial charge on any atom is -0.480 e. The zero-order chi connectivity index (χ0) is 17.3. The van der Waals surface area contributed by atoms with E-state index >= 15 is 0 Å². The molecule has 3 unspecified atom stereocenters. The number of rotatable bonds is 4. The van der Waals surface area contributed by atoms with E-state index in [-0.39, 0.29) is 25.5 Å². The Bertz CT molecular complexity index is 676. The zero-order valence-corrected chi connectivity index (χ0v) is 13.1. The van der Waals surface area contributed by atoms with Crippen LogP contribution in [0.3, 0.4) is 0 Å². The van der Waals surface area contributed by atoms with Crippen LogP contribution in [0.4, 0.5) is 5.69 Å². The fourth-order valence-corrected chi connectivity index (χ4v) is 2.98. The molecule has 0 saturated carbocycles. The largest absolute Gasteiger partial charge is 0.480 e. The van der Waals surface area contributed by atoms with Crippen molar-refractivity contribution in [2.45, 2.75) is 31.1 Å². The topological polar surface area (TPSA) is 105 Å². The van der Waals surface area contributed by atoms with Gasteiger partial charge in [0.15, 0.2) is 6.10 Å². The molecule has 1 aromatic rings. The van der Waals surface area contributed by atoms with Crippen LogP contribution < -0.4 is 10.1 Å². The molecule has 2 N–H and O–H groups in total. The normalized spacial score (nSPS) is 25.6. The van der Waals surface area contributed by atoms with E-state index in [4.69, 9.17) is 9.47 Å². The first-order valence-electron chi connectivity index (χ1n) is 7.61. The minimum atomic E-state index is -1.08. The summed E-state index contributed by atoms with van der Waals surface area (Å²) >= 11 is 0. The summed E-state index contributed by atoms with van der Waals surface area (Å²) < 4.78 is 10.7. The summed E-state index contributed by atoms with van der Waals surface area (Å²) in [4.78, 5) is 37.2. The Labute approximate surface area is 138 Å². The Balaban J connectivity index is 1.70. The van der Waals surface area contributed by atoms with Crippen molar-refractivity contribution < 1.29 is 29.0 Å². The molecule has 2 heterocycles. The number of likely N-dealkylation sites (tertiary alicyclic amines) is 1. The Hall–Kier alpha value is -2.61. The molecule has 0 radical (unpaired) electrons. The summed E-state index contributed by atoms with van der Waals surface area (Å²) in [6.07, 6.45) is -1.29. The summed E-state index contributed by atoms with van der Waals surface area (Å²) in [7, 11) is 1.48. The van der Waals surface area contributed by atoms with E-state index in [0.717, 1.165) is 0 Å². The number of hydrogen-bond donors (Lipinski definition) is 2. The number of fused-ring (bicyclic) bond motifs is 1. The summed E-state index contributed by atoms with van der Waals surface area (Å²) in [5.74, 6) is -1.46. The number of benzene rings is 1. The van der Waals surface area contributed by atoms with E-state index in [1.54, 1.807) is 24.3 Å². The highest BCUT2D eigenvalue weighted by Gasteiger charge is 2.41. The van der Waals surface area contributed by atoms with Gasteiger partial charge in [-0.05, 0) is 12.1 Å². The predicted molar refractivity (Wildman–Crippen MR) is 82.7 cm³/mol. The van der Waals surface area contributed by atoms with Crippen LogP contribution in [0.1, 0.15) is 12.8 Å². The number of carboxylic acid groups (broad SMARTS) is 1. The Morgan fingerprint density at radius 3 is 2.88 bits per heavy atom. The lowest BCUT2D eigenvalue weighted by atomic mass is 10.1. The Morgan fingerprint density at radius 1 is 1.42 bits per heavy atom. The smallest absolute Gasteiger partial charge is 0.326 e. The number of carboxylic acids is 1. The van der Waals surface area contributed by atoms with Gasteiger partial charge < -0.3 is 24.8 Å². The van der Waals surface area contributed by atoms with Crippen LogP contribution in [0.5, 0.6) is 5.75 Å². The molecule has 2 aliphatic rings. The molecule has 1 saturated heterocycles. The van der Waals surface area contributed by atoms with Crippen molar-refractivity contribution in [1.29, 1.82) is 0 Å². The maximum atomic E-state index is 12.5. The molecule has 3 rings (SSSR count). The molecule has 3 atom stereocenters. The maximum Gasteiger partial charge on any atom is 0.326 e. The van der Waals surface area contributed by atoms with E-state index in [2.05, 4.69) is 5.32 Å². The second kappa shape index (κ2) is 6.48. The van der Waals surface area contributed by atoms with Crippen LogP contribution in [-0.2, 0) is 19.1 Å². The number of amides is 2. The molecule has 128 valence electrons. The number of aliphatic carboxylic acids is 1. The Kier molecular flexibility index (Phi) is 4.39. The van der Waals surface area contributed by atoms with Gasteiger partial charge in [0.2, 0.25) is 5.91 Å². The fraction of sp³-hybridized carbons (Fsp3) is 0.438. The standard InChI is InChI=1S/C16H18N2O6/c1-23-9-6-11(16(21)22)18(8-9)14(19)7-13-15(20)17-10-4-2-3-5-12(10)24-13/h2-5,9,11,13H,6-8H2,1H3,(H,17,20)(H,21,22). The molecule has 8 nitrogen and oxygen atoms in total. The minimum absolute atomic E-state index is 0.192. The third-order valence-corrected chi connectivity index (χ3v) is 4.27. The second-order valence-corrected chi connectivity index (χ2v) is 5.79. The van der Waals surface area contributed by atoms with Crippen molar-refractivity contribution in [3.63, 3.8) is 0 Å². The van der Waals surface area contributed by atoms with E-state index in [0.29, 0.717) is 11.4 Å². The molecule has 0 spiro atoms. The lowest BCUT2D eigenvalue weighted by Gasteiger charge is -2.28. The molecule has 1 fully saturated rings. The number of nitrogens with zero attached hydrogens (tertiary/aromatic N) is 1. The molecule has 0 aliphatic carbocycles. The highest BCUT2D eigenvalue weighted by atomic mass is 16.5. The molecular weight excluding hydrogens is 316 g/mol. The highest BCUT2D eigenvalue weighted by Crippen LogP contribution is 2.30. The number of methoxy groups -OCH3 is 1. The van der Waals surface area contributed by atoms with Gasteiger partial charge in [-0.25, -0.2) is 4.79 Å². The van der Waals surface area contributed by atoms with Gasteiger partial charge in [-0.1, -0.05) is 12.1 Å².